The van der Waals surface area contributed by atoms with E-state index in [1.807, 2.05) is 21.1 Å². The molecule has 0 heterocycles. The van der Waals surface area contributed by atoms with Gasteiger partial charge >= 0.3 is 17.9 Å². The van der Waals surface area contributed by atoms with Crippen molar-refractivity contribution in [3.63, 3.8) is 0 Å². The number of aliphatic carboxylic acids is 1. The minimum absolute atomic E-state index is 0.174. The maximum Gasteiger partial charge on any atom is 0.361 e. The zero-order valence-corrected chi connectivity index (χ0v) is 52.6. The van der Waals surface area contributed by atoms with Crippen molar-refractivity contribution in [1.29, 1.82) is 0 Å². The predicted octanol–water partition coefficient (Wildman–Crippen LogP) is 20.6. The molecule has 9 nitrogen and oxygen atoms in total. The highest BCUT2D eigenvalue weighted by molar-refractivity contribution is 5.71. The van der Waals surface area contributed by atoms with Crippen molar-refractivity contribution in [2.45, 2.75) is 354 Å². The third-order valence-corrected chi connectivity index (χ3v) is 15.5. The van der Waals surface area contributed by atoms with Gasteiger partial charge in [-0.15, -0.1) is 0 Å². The maximum absolute atomic E-state index is 12.9. The van der Waals surface area contributed by atoms with Crippen LogP contribution < -0.4 is 0 Å². The van der Waals surface area contributed by atoms with Crippen LogP contribution in [-0.2, 0) is 33.3 Å². The molecule has 0 aromatic carbocycles. The van der Waals surface area contributed by atoms with E-state index in [1.165, 1.54) is 270 Å². The van der Waals surface area contributed by atoms with Crippen molar-refractivity contribution < 1.29 is 42.9 Å². The highest BCUT2D eigenvalue weighted by Crippen LogP contribution is 2.19. The quantitative estimate of drug-likeness (QED) is 0.0211. The minimum atomic E-state index is -1.50. The second-order valence-corrected chi connectivity index (χ2v) is 24.5. The van der Waals surface area contributed by atoms with Crippen LogP contribution in [0.4, 0.5) is 0 Å². The van der Waals surface area contributed by atoms with E-state index in [9.17, 15) is 19.5 Å². The first-order valence-electron chi connectivity index (χ1n) is 34.0. The van der Waals surface area contributed by atoms with Gasteiger partial charge in [-0.1, -0.05) is 308 Å². The third-order valence-electron chi connectivity index (χ3n) is 15.5. The molecule has 2 atom stereocenters. The monoisotopic (exact) mass is 1100 g/mol. The number of rotatable bonds is 64. The summed E-state index contributed by atoms with van der Waals surface area (Å²) in [5.74, 6) is -1.98. The fourth-order valence-corrected chi connectivity index (χ4v) is 10.2. The van der Waals surface area contributed by atoms with E-state index in [0.29, 0.717) is 17.4 Å². The zero-order valence-electron chi connectivity index (χ0n) is 52.6. The average Bonchev–Trinajstić information content (AvgIpc) is 3.41. The number of carboxylic acid groups (broad SMARTS) is 1. The second kappa shape index (κ2) is 60.9. The van der Waals surface area contributed by atoms with Crippen LogP contribution in [0.3, 0.4) is 0 Å². The van der Waals surface area contributed by atoms with Gasteiger partial charge in [0.2, 0.25) is 0 Å². The molecule has 0 amide bonds. The summed E-state index contributed by atoms with van der Waals surface area (Å²) in [5.41, 5.74) is 0. The number of quaternary nitrogens is 1. The van der Waals surface area contributed by atoms with Crippen LogP contribution in [0.15, 0.2) is 24.3 Å². The number of ether oxygens (including phenoxy) is 4. The molecule has 0 aromatic rings. The number of esters is 2. The number of allylic oxidation sites excluding steroid dienone is 4. The van der Waals surface area contributed by atoms with Gasteiger partial charge in [-0.25, -0.2) is 4.79 Å². The van der Waals surface area contributed by atoms with Crippen molar-refractivity contribution >= 4 is 17.9 Å². The maximum atomic E-state index is 12.9. The summed E-state index contributed by atoms with van der Waals surface area (Å²) in [6.07, 6.45) is 71.8. The number of likely N-dealkylation sites (N-methyl/N-ethyl adjacent to an activating group) is 1. The Morgan fingerprint density at radius 1 is 0.385 bits per heavy atom. The van der Waals surface area contributed by atoms with E-state index in [2.05, 4.69) is 38.2 Å². The smallest absolute Gasteiger partial charge is 0.361 e. The van der Waals surface area contributed by atoms with E-state index >= 15 is 0 Å². The summed E-state index contributed by atoms with van der Waals surface area (Å²) in [6.45, 7) is 4.91. The minimum Gasteiger partial charge on any atom is -0.477 e. The van der Waals surface area contributed by atoms with Gasteiger partial charge in [0.15, 0.2) is 6.10 Å². The van der Waals surface area contributed by atoms with Crippen molar-refractivity contribution in [2.24, 2.45) is 0 Å². The number of carboxylic acids is 1. The molecule has 0 saturated carbocycles. The van der Waals surface area contributed by atoms with Gasteiger partial charge in [0.25, 0.3) is 6.29 Å². The van der Waals surface area contributed by atoms with Gasteiger partial charge in [-0.3, -0.25) is 9.59 Å². The normalized spacial score (nSPS) is 12.8. The van der Waals surface area contributed by atoms with E-state index in [4.69, 9.17) is 18.9 Å². The number of carbonyl (C=O) groups excluding carboxylic acids is 2. The lowest BCUT2D eigenvalue weighted by molar-refractivity contribution is -0.870. The Morgan fingerprint density at radius 3 is 1.01 bits per heavy atom. The summed E-state index contributed by atoms with van der Waals surface area (Å²) in [6, 6.07) is 0. The average molecular weight is 1100 g/mol. The fourth-order valence-electron chi connectivity index (χ4n) is 10.2. The Kier molecular flexibility index (Phi) is 59.1. The summed E-state index contributed by atoms with van der Waals surface area (Å²) in [4.78, 5) is 37.4. The van der Waals surface area contributed by atoms with Gasteiger partial charge in [-0.2, -0.15) is 0 Å². The summed E-state index contributed by atoms with van der Waals surface area (Å²) < 4.78 is 22.9. The topological polar surface area (TPSA) is 108 Å². The number of hydrogen-bond acceptors (Lipinski definition) is 7. The van der Waals surface area contributed by atoms with Crippen molar-refractivity contribution in [1.82, 2.24) is 0 Å². The van der Waals surface area contributed by atoms with E-state index in [0.717, 1.165) is 44.9 Å². The second-order valence-electron chi connectivity index (χ2n) is 24.5. The lowest BCUT2D eigenvalue weighted by Gasteiger charge is -2.25. The molecule has 9 heteroatoms. The molecule has 78 heavy (non-hydrogen) atoms. The fraction of sp³-hybridized carbons (Fsp3) is 0.899. The van der Waals surface area contributed by atoms with Gasteiger partial charge in [0.05, 0.1) is 34.4 Å². The molecule has 0 aromatic heterocycles. The lowest BCUT2D eigenvalue weighted by atomic mass is 10.0. The van der Waals surface area contributed by atoms with Crippen LogP contribution in [0.1, 0.15) is 341 Å². The van der Waals surface area contributed by atoms with Crippen molar-refractivity contribution in [2.75, 3.05) is 47.5 Å². The Bertz CT molecular complexity index is 1330. The molecule has 0 rings (SSSR count). The largest absolute Gasteiger partial charge is 0.477 e. The molecule has 2 unspecified atom stereocenters. The van der Waals surface area contributed by atoms with E-state index < -0.39 is 18.4 Å². The molecular weight excluding hydrogens is 971 g/mol. The van der Waals surface area contributed by atoms with Crippen molar-refractivity contribution in [3.8, 4) is 0 Å². The predicted molar refractivity (Wildman–Crippen MR) is 332 cm³/mol. The van der Waals surface area contributed by atoms with Crippen LogP contribution in [0, 0.1) is 0 Å². The molecule has 0 aliphatic rings. The van der Waals surface area contributed by atoms with Crippen molar-refractivity contribution in [3.05, 3.63) is 24.3 Å². The molecular formula is C69H132NO8+. The van der Waals surface area contributed by atoms with Crippen LogP contribution in [0.25, 0.3) is 0 Å². The summed E-state index contributed by atoms with van der Waals surface area (Å²) in [7, 11) is 5.98. The van der Waals surface area contributed by atoms with Crippen LogP contribution in [-0.4, -0.2) is 87.4 Å². The first kappa shape index (κ1) is 75.8. The molecule has 0 spiro atoms. The van der Waals surface area contributed by atoms with Gasteiger partial charge in [0, 0.05) is 12.8 Å². The molecule has 0 aliphatic heterocycles. The van der Waals surface area contributed by atoms with Gasteiger partial charge in [-0.05, 0) is 44.9 Å². The summed E-state index contributed by atoms with van der Waals surface area (Å²) >= 11 is 0. The summed E-state index contributed by atoms with van der Waals surface area (Å²) in [5, 5.41) is 9.70. The Balaban J connectivity index is 3.85. The third kappa shape index (κ3) is 61.4. The number of unbranched alkanes of at least 4 members (excludes halogenated alkanes) is 45. The standard InChI is InChI=1S/C69H131NO8/c1-6-8-10-12-14-16-18-20-21-22-23-24-25-26-27-28-29-30-31-32-33-34-35-36-37-38-39-40-41-42-43-44-45-46-47-48-50-52-54-56-58-60-67(72)78-65(64-77-69(68(73)74)75-62-61-70(3,4)5)63-76-66(71)59-57-55-53-51-49-19-17-15-13-11-9-7-2/h18,20,22-23,65,69H,6-17,19,21,24-64H2,1-5H3/p+1/b20-18-,23-22-. The molecule has 0 aliphatic carbocycles. The molecule has 0 radical (unpaired) electrons. The molecule has 1 N–H and O–H groups in total. The number of hydrogen-bond donors (Lipinski definition) is 1. The number of carbonyl (C=O) groups is 3. The first-order chi connectivity index (χ1) is 38.1. The molecule has 0 fully saturated rings. The SMILES string of the molecule is CCCCCCC/C=C\C/C=C\CCCCCCCCCCCCCCCCCCCCCCCCCCCCCCCC(=O)OC(COC(=O)CCCCCCCCCCCCCC)COC(OCC[N+](C)(C)C)C(=O)O. The van der Waals surface area contributed by atoms with Crippen LogP contribution in [0.2, 0.25) is 0 Å². The zero-order chi connectivity index (χ0) is 56.9. The Labute approximate surface area is 484 Å². The lowest BCUT2D eigenvalue weighted by Crippen LogP contribution is -2.40. The molecule has 460 valence electrons. The van der Waals surface area contributed by atoms with E-state index in [-0.39, 0.29) is 38.2 Å². The van der Waals surface area contributed by atoms with Gasteiger partial charge < -0.3 is 28.5 Å². The highest BCUT2D eigenvalue weighted by atomic mass is 16.7. The first-order valence-corrected chi connectivity index (χ1v) is 34.0. The molecule has 0 bridgehead atoms. The van der Waals surface area contributed by atoms with E-state index in [1.54, 1.807) is 0 Å². The highest BCUT2D eigenvalue weighted by Gasteiger charge is 2.25. The van der Waals surface area contributed by atoms with Crippen LogP contribution >= 0.6 is 0 Å². The molecule has 0 saturated heterocycles. The van der Waals surface area contributed by atoms with Crippen LogP contribution in [0.5, 0.6) is 0 Å². The Hall–Kier alpha value is -2.23. The number of nitrogens with zero attached hydrogens (tertiary/aromatic N) is 1. The van der Waals surface area contributed by atoms with Gasteiger partial charge in [0.1, 0.15) is 13.2 Å². The Morgan fingerprint density at radius 2 is 0.692 bits per heavy atom.